The van der Waals surface area contributed by atoms with Crippen molar-refractivity contribution in [2.24, 2.45) is 5.92 Å². The maximum Gasteiger partial charge on any atom is 0.377 e. The molecule has 20 nitrogen and oxygen atoms in total. The minimum Gasteiger partial charge on any atom is -0.478 e. The van der Waals surface area contributed by atoms with Gasteiger partial charge < -0.3 is 19.8 Å². The normalized spacial score (nSPS) is 18.3. The number of tetrazole rings is 2. The molecule has 0 aliphatic heterocycles. The number of ether oxygens (including phenoxy) is 1. The SMILES string of the molecule is CC(C)N(C(=O)n1nnn(-c2c(F)cccc2F)c1=O)C1=CC(C(=O)O)=CCC1(C)OCC1CCCC(N(C(=O)n2nnn(-c3c(F)cccc3F)c2=O)c2ccc(N(C)C)c(C(=O)O)c2)C1. The number of hydrogen-bond acceptors (Lipinski definition) is 12. The van der Waals surface area contributed by atoms with Gasteiger partial charge in [-0.1, -0.05) is 24.6 Å². The van der Waals surface area contributed by atoms with Gasteiger partial charge in [-0.15, -0.1) is 9.36 Å². The predicted octanol–water partition coefficient (Wildman–Crippen LogP) is 4.98. The number of aliphatic carboxylic acids is 1. The van der Waals surface area contributed by atoms with Gasteiger partial charge in [-0.25, -0.2) is 46.3 Å². The fraction of sp³-hybridized carbons (Fsp3) is 0.349. The highest BCUT2D eigenvalue weighted by atomic mass is 19.1. The number of carbonyl (C=O) groups excluding carboxylic acids is 2. The van der Waals surface area contributed by atoms with E-state index < -0.39 is 93.6 Å². The summed E-state index contributed by atoms with van der Waals surface area (Å²) in [7, 11) is 3.25. The van der Waals surface area contributed by atoms with Crippen molar-refractivity contribution in [3.05, 3.63) is 128 Å². The standard InChI is InChI=1S/C43H43F4N11O9/c1-23(2)53(39(63)57-41(65)55(48-50-57)35-29(44)11-7-12-30(35)45)34-20-25(37(59)60)17-18-43(34,3)67-22-24-9-6-10-26(19-24)54(27-15-16-33(52(4)5)28(21-27)38(61)62)40(64)58-42(66)56(49-51-58)36-31(46)13-8-14-32(36)47/h7-8,11-17,20-21,23-24,26H,6,9-10,18-19,22H2,1-5H3,(H,59,60)(H,61,62). The van der Waals surface area contributed by atoms with E-state index in [2.05, 4.69) is 20.9 Å². The van der Waals surface area contributed by atoms with Gasteiger partial charge in [-0.05, 0) is 115 Å². The average molecular weight is 934 g/mol. The van der Waals surface area contributed by atoms with Gasteiger partial charge in [0.15, 0.2) is 23.3 Å². The van der Waals surface area contributed by atoms with E-state index in [9.17, 15) is 56.5 Å². The van der Waals surface area contributed by atoms with Crippen molar-refractivity contribution in [2.75, 3.05) is 30.5 Å². The zero-order chi connectivity index (χ0) is 48.6. The van der Waals surface area contributed by atoms with Crippen LogP contribution in [0.3, 0.4) is 0 Å². The summed E-state index contributed by atoms with van der Waals surface area (Å²) in [6, 6.07) is 6.06. The Morgan fingerprint density at radius 1 is 0.806 bits per heavy atom. The Morgan fingerprint density at radius 2 is 1.36 bits per heavy atom. The molecule has 0 spiro atoms. The van der Waals surface area contributed by atoms with Gasteiger partial charge in [0.25, 0.3) is 0 Å². The molecule has 3 aromatic carbocycles. The summed E-state index contributed by atoms with van der Waals surface area (Å²) >= 11 is 0. The van der Waals surface area contributed by atoms with Crippen molar-refractivity contribution < 1.29 is 51.7 Å². The van der Waals surface area contributed by atoms with E-state index >= 15 is 0 Å². The lowest BCUT2D eigenvalue weighted by Gasteiger charge is -2.43. The number of hydrogen-bond donors (Lipinski definition) is 2. The van der Waals surface area contributed by atoms with Crippen LogP contribution in [0.4, 0.5) is 38.5 Å². The van der Waals surface area contributed by atoms with Crippen LogP contribution in [-0.2, 0) is 9.53 Å². The van der Waals surface area contributed by atoms with Crippen molar-refractivity contribution in [3.63, 3.8) is 0 Å². The van der Waals surface area contributed by atoms with Crippen LogP contribution >= 0.6 is 0 Å². The Hall–Kier alpha value is -7.76. The largest absolute Gasteiger partial charge is 0.478 e. The lowest BCUT2D eigenvalue weighted by Crippen LogP contribution is -2.51. The number of aromatic nitrogens is 8. The second-order valence-corrected chi connectivity index (χ2v) is 16.5. The zero-order valence-electron chi connectivity index (χ0n) is 36.5. The molecule has 5 aromatic rings. The molecule has 7 rings (SSSR count). The first-order chi connectivity index (χ1) is 31.7. The summed E-state index contributed by atoms with van der Waals surface area (Å²) in [5.74, 6) is -7.67. The highest BCUT2D eigenvalue weighted by Crippen LogP contribution is 2.39. The minimum atomic E-state index is -1.48. The molecule has 2 aromatic heterocycles. The summed E-state index contributed by atoms with van der Waals surface area (Å²) in [5, 5.41) is 34.6. The molecule has 2 N–H and O–H groups in total. The topological polar surface area (TPSA) is 233 Å². The van der Waals surface area contributed by atoms with E-state index in [1.165, 1.54) is 35.3 Å². The second-order valence-electron chi connectivity index (χ2n) is 16.5. The molecule has 67 heavy (non-hydrogen) atoms. The Kier molecular flexibility index (Phi) is 13.1. The Morgan fingerprint density at radius 3 is 1.87 bits per heavy atom. The molecule has 2 aliphatic carbocycles. The summed E-state index contributed by atoms with van der Waals surface area (Å²) < 4.78 is 66.7. The number of anilines is 2. The highest BCUT2D eigenvalue weighted by molar-refractivity contribution is 5.99. The smallest absolute Gasteiger partial charge is 0.377 e. The molecule has 0 radical (unpaired) electrons. The van der Waals surface area contributed by atoms with Crippen molar-refractivity contribution in [1.82, 2.24) is 44.5 Å². The van der Waals surface area contributed by atoms with E-state index in [1.807, 2.05) is 0 Å². The summed E-state index contributed by atoms with van der Waals surface area (Å²) in [4.78, 5) is 84.5. The molecular formula is C43H43F4N11O9. The highest BCUT2D eigenvalue weighted by Gasteiger charge is 2.43. The van der Waals surface area contributed by atoms with Gasteiger partial charge >= 0.3 is 35.4 Å². The van der Waals surface area contributed by atoms with Crippen LogP contribution in [0.1, 0.15) is 63.2 Å². The minimum absolute atomic E-state index is 0.00832. The van der Waals surface area contributed by atoms with Gasteiger partial charge in [0, 0.05) is 38.3 Å². The number of halogens is 4. The Labute approximate surface area is 377 Å². The van der Waals surface area contributed by atoms with Crippen LogP contribution in [0.2, 0.25) is 0 Å². The molecule has 352 valence electrons. The van der Waals surface area contributed by atoms with Crippen molar-refractivity contribution >= 4 is 35.4 Å². The van der Waals surface area contributed by atoms with E-state index in [0.717, 1.165) is 41.3 Å². The van der Waals surface area contributed by atoms with Crippen LogP contribution < -0.4 is 21.2 Å². The number of aromatic carboxylic acids is 1. The average Bonchev–Trinajstić information content (AvgIpc) is 3.84. The number of carbonyl (C=O) groups is 4. The van der Waals surface area contributed by atoms with E-state index in [0.29, 0.717) is 34.3 Å². The Balaban J connectivity index is 1.21. The van der Waals surface area contributed by atoms with Gasteiger partial charge in [0.1, 0.15) is 17.0 Å². The van der Waals surface area contributed by atoms with E-state index in [1.54, 1.807) is 39.8 Å². The van der Waals surface area contributed by atoms with Gasteiger partial charge in [-0.3, -0.25) is 9.80 Å². The third-order valence-electron chi connectivity index (χ3n) is 11.5. The van der Waals surface area contributed by atoms with E-state index in [4.69, 9.17) is 4.74 Å². The van der Waals surface area contributed by atoms with E-state index in [-0.39, 0.29) is 51.3 Å². The van der Waals surface area contributed by atoms with Crippen molar-refractivity contribution in [3.8, 4) is 11.4 Å². The molecule has 1 fully saturated rings. The predicted molar refractivity (Wildman–Crippen MR) is 228 cm³/mol. The number of rotatable bonds is 12. The Bertz CT molecular complexity index is 2940. The molecule has 2 heterocycles. The van der Waals surface area contributed by atoms with Gasteiger partial charge in [0.2, 0.25) is 0 Å². The maximum atomic E-state index is 14.8. The van der Waals surface area contributed by atoms with Crippen LogP contribution in [0.5, 0.6) is 0 Å². The fourth-order valence-corrected chi connectivity index (χ4v) is 8.24. The van der Waals surface area contributed by atoms with Crippen LogP contribution in [-0.4, -0.2) is 117 Å². The summed E-state index contributed by atoms with van der Waals surface area (Å²) in [5.41, 5.74) is -5.94. The fourth-order valence-electron chi connectivity index (χ4n) is 8.24. The first kappa shape index (κ1) is 47.2. The zero-order valence-corrected chi connectivity index (χ0v) is 36.5. The van der Waals surface area contributed by atoms with Crippen molar-refractivity contribution in [2.45, 2.75) is 70.6 Å². The molecular weight excluding hydrogens is 891 g/mol. The molecule has 0 bridgehead atoms. The van der Waals surface area contributed by atoms with Crippen LogP contribution in [0.15, 0.2) is 87.6 Å². The van der Waals surface area contributed by atoms with Crippen LogP contribution in [0.25, 0.3) is 11.4 Å². The molecule has 3 atom stereocenters. The van der Waals surface area contributed by atoms with Crippen molar-refractivity contribution in [1.29, 1.82) is 0 Å². The number of para-hydroxylation sites is 2. The van der Waals surface area contributed by atoms with Gasteiger partial charge in [0.05, 0.1) is 29.1 Å². The molecule has 0 saturated heterocycles. The maximum absolute atomic E-state index is 14.8. The molecule has 3 unspecified atom stereocenters. The molecule has 24 heteroatoms. The summed E-state index contributed by atoms with van der Waals surface area (Å²) in [6.45, 7) is 4.65. The number of nitrogens with zero attached hydrogens (tertiary/aromatic N) is 11. The number of benzene rings is 3. The molecule has 2 amide bonds. The third kappa shape index (κ3) is 8.98. The lowest BCUT2D eigenvalue weighted by molar-refractivity contribution is -0.132. The molecule has 1 saturated carbocycles. The first-order valence-electron chi connectivity index (χ1n) is 20.7. The quantitative estimate of drug-likeness (QED) is 0.124. The summed E-state index contributed by atoms with van der Waals surface area (Å²) in [6.07, 6.45) is 3.96. The lowest BCUT2D eigenvalue weighted by atomic mass is 9.84. The number of carboxylic acid groups (broad SMARTS) is 2. The molecule has 2 aliphatic rings. The number of amides is 2. The monoisotopic (exact) mass is 933 g/mol. The first-order valence-corrected chi connectivity index (χ1v) is 20.7. The van der Waals surface area contributed by atoms with Crippen LogP contribution in [0, 0.1) is 29.2 Å². The van der Waals surface area contributed by atoms with Gasteiger partial charge in [-0.2, -0.15) is 9.36 Å². The second kappa shape index (κ2) is 18.6. The third-order valence-corrected chi connectivity index (χ3v) is 11.5. The number of carboxylic acids is 2.